The molecule has 0 amide bonds. The highest BCUT2D eigenvalue weighted by atomic mass is 16.8. The lowest BCUT2D eigenvalue weighted by atomic mass is 9.86. The van der Waals surface area contributed by atoms with Crippen molar-refractivity contribution in [2.45, 2.75) is 73.6 Å². The van der Waals surface area contributed by atoms with Crippen LogP contribution in [0, 0.1) is 13.8 Å². The normalized spacial score (nSPS) is 13.4. The van der Waals surface area contributed by atoms with Crippen LogP contribution in [0.2, 0.25) is 0 Å². The Kier molecular flexibility index (Phi) is 9.46. The zero-order chi connectivity index (χ0) is 26.3. The molecule has 0 saturated carbocycles. The highest BCUT2D eigenvalue weighted by Gasteiger charge is 2.25. The first-order chi connectivity index (χ1) is 16.4. The summed E-state index contributed by atoms with van der Waals surface area (Å²) in [7, 11) is 1.71. The van der Waals surface area contributed by atoms with Gasteiger partial charge in [0.1, 0.15) is 12.3 Å². The van der Waals surface area contributed by atoms with Gasteiger partial charge in [0, 0.05) is 37.9 Å². The highest BCUT2D eigenvalue weighted by Crippen LogP contribution is 2.32. The lowest BCUT2D eigenvalue weighted by molar-refractivity contribution is -0.0653. The van der Waals surface area contributed by atoms with Crippen molar-refractivity contribution < 1.29 is 19.0 Å². The van der Waals surface area contributed by atoms with Crippen molar-refractivity contribution in [3.05, 3.63) is 64.5 Å². The standard InChI is InChI=1S/C28H39N3O4/c1-11-31-25(19(4)20(5)30-31)26(34-21(6)35-27(32)33-17-18(2)3)24(16-29-10)22-12-14-23(15-13-22)28(7,8)9/h12-16,21H,2,11,17H2,1,3-10H3/b26-24-,29-16?. The third-order valence-electron chi connectivity index (χ3n) is 5.49. The average Bonchev–Trinajstić information content (AvgIpc) is 3.07. The monoisotopic (exact) mass is 481 g/mol. The SMILES string of the molecule is C=C(C)COC(=O)OC(C)O/C(=C(/C=NC)c1ccc(C(C)(C)C)cc1)c1c(C)c(C)nn1CC. The molecule has 0 aliphatic rings. The first-order valence-electron chi connectivity index (χ1n) is 11.8. The van der Waals surface area contributed by atoms with Crippen LogP contribution in [0.15, 0.2) is 41.4 Å². The number of benzene rings is 1. The van der Waals surface area contributed by atoms with Crippen LogP contribution in [0.1, 0.15) is 69.6 Å². The third kappa shape index (κ3) is 7.31. The van der Waals surface area contributed by atoms with Gasteiger partial charge in [0.2, 0.25) is 6.29 Å². The Balaban J connectivity index is 2.62. The maximum absolute atomic E-state index is 12.1. The second kappa shape index (κ2) is 11.9. The number of carbonyl (C=O) groups excluding carboxylic acids is 1. The summed E-state index contributed by atoms with van der Waals surface area (Å²) in [6, 6.07) is 8.34. The number of aryl methyl sites for hydroxylation is 2. The molecule has 2 rings (SSSR count). The van der Waals surface area contributed by atoms with Crippen molar-refractivity contribution in [3.63, 3.8) is 0 Å². The molecule has 35 heavy (non-hydrogen) atoms. The van der Waals surface area contributed by atoms with E-state index in [2.05, 4.69) is 61.7 Å². The summed E-state index contributed by atoms with van der Waals surface area (Å²) in [5.74, 6) is 0.527. The van der Waals surface area contributed by atoms with Crippen molar-refractivity contribution >= 4 is 23.7 Å². The lowest BCUT2D eigenvalue weighted by Crippen LogP contribution is -2.21. The number of allylic oxidation sites excluding steroid dienone is 1. The zero-order valence-electron chi connectivity index (χ0n) is 22.6. The number of rotatable bonds is 9. The van der Waals surface area contributed by atoms with Gasteiger partial charge in [-0.15, -0.1) is 0 Å². The van der Waals surface area contributed by atoms with E-state index in [-0.39, 0.29) is 12.0 Å². The highest BCUT2D eigenvalue weighted by molar-refractivity contribution is 6.18. The van der Waals surface area contributed by atoms with Gasteiger partial charge in [-0.2, -0.15) is 5.10 Å². The molecule has 190 valence electrons. The zero-order valence-corrected chi connectivity index (χ0v) is 22.6. The first-order valence-corrected chi connectivity index (χ1v) is 11.8. The fourth-order valence-electron chi connectivity index (χ4n) is 3.52. The van der Waals surface area contributed by atoms with Crippen molar-refractivity contribution in [3.8, 4) is 0 Å². The number of nitrogens with zero attached hydrogens (tertiary/aromatic N) is 3. The van der Waals surface area contributed by atoms with E-state index in [9.17, 15) is 4.79 Å². The fourth-order valence-corrected chi connectivity index (χ4v) is 3.52. The van der Waals surface area contributed by atoms with Crippen LogP contribution >= 0.6 is 0 Å². The van der Waals surface area contributed by atoms with E-state index >= 15 is 0 Å². The summed E-state index contributed by atoms with van der Waals surface area (Å²) >= 11 is 0. The molecule has 0 aliphatic carbocycles. The van der Waals surface area contributed by atoms with E-state index in [1.807, 2.05) is 25.5 Å². The van der Waals surface area contributed by atoms with Crippen molar-refractivity contribution in [2.24, 2.45) is 4.99 Å². The Morgan fingerprint density at radius 3 is 2.34 bits per heavy atom. The van der Waals surface area contributed by atoms with E-state index in [1.165, 1.54) is 5.56 Å². The van der Waals surface area contributed by atoms with Gasteiger partial charge in [0.05, 0.1) is 5.69 Å². The number of carbonyl (C=O) groups is 1. The number of aliphatic imine (C=N–C) groups is 1. The molecule has 0 N–H and O–H groups in total. The second-order valence-electron chi connectivity index (χ2n) is 9.63. The van der Waals surface area contributed by atoms with Crippen LogP contribution < -0.4 is 0 Å². The summed E-state index contributed by atoms with van der Waals surface area (Å²) in [5, 5.41) is 4.67. The molecule has 1 aromatic heterocycles. The molecule has 1 atom stereocenters. The molecule has 0 aliphatic heterocycles. The molecule has 0 bridgehead atoms. The number of hydrogen-bond acceptors (Lipinski definition) is 6. The minimum atomic E-state index is -0.920. The molecule has 0 fully saturated rings. The molecule has 0 saturated heterocycles. The van der Waals surface area contributed by atoms with Gasteiger partial charge in [-0.25, -0.2) is 4.79 Å². The Hall–Kier alpha value is -3.35. The fraction of sp³-hybridized carbons (Fsp3) is 0.464. The van der Waals surface area contributed by atoms with Gasteiger partial charge in [0.15, 0.2) is 5.76 Å². The van der Waals surface area contributed by atoms with Crippen molar-refractivity contribution in [1.29, 1.82) is 0 Å². The molecule has 7 heteroatoms. The minimum absolute atomic E-state index is 0.0294. The summed E-state index contributed by atoms with van der Waals surface area (Å²) in [6.45, 7) is 20.4. The van der Waals surface area contributed by atoms with Crippen molar-refractivity contribution in [1.82, 2.24) is 9.78 Å². The van der Waals surface area contributed by atoms with Gasteiger partial charge < -0.3 is 14.2 Å². The summed E-state index contributed by atoms with van der Waals surface area (Å²) in [5.41, 5.74) is 6.34. The summed E-state index contributed by atoms with van der Waals surface area (Å²) < 4.78 is 18.6. The molecule has 7 nitrogen and oxygen atoms in total. The third-order valence-corrected chi connectivity index (χ3v) is 5.49. The predicted octanol–water partition coefficient (Wildman–Crippen LogP) is 6.48. The molecule has 2 aromatic rings. The lowest BCUT2D eigenvalue weighted by Gasteiger charge is -2.22. The Labute approximate surface area is 209 Å². The van der Waals surface area contributed by atoms with Crippen LogP contribution in [-0.2, 0) is 26.2 Å². The van der Waals surface area contributed by atoms with Gasteiger partial charge in [-0.05, 0) is 49.8 Å². The first kappa shape index (κ1) is 27.9. The van der Waals surface area contributed by atoms with E-state index in [1.54, 1.807) is 27.1 Å². The van der Waals surface area contributed by atoms with Gasteiger partial charge >= 0.3 is 6.16 Å². The molecule has 1 unspecified atom stereocenters. The summed E-state index contributed by atoms with van der Waals surface area (Å²) in [4.78, 5) is 16.4. The van der Waals surface area contributed by atoms with E-state index in [4.69, 9.17) is 14.2 Å². The number of ether oxygens (including phenoxy) is 3. The molecular formula is C28H39N3O4. The van der Waals surface area contributed by atoms with Crippen molar-refractivity contribution in [2.75, 3.05) is 13.7 Å². The Morgan fingerprint density at radius 2 is 1.83 bits per heavy atom. The Morgan fingerprint density at radius 1 is 1.20 bits per heavy atom. The summed E-state index contributed by atoms with van der Waals surface area (Å²) in [6.07, 6.45) is 0.0172. The number of hydrogen-bond donors (Lipinski definition) is 0. The maximum atomic E-state index is 12.1. The van der Waals surface area contributed by atoms with Gasteiger partial charge in [-0.1, -0.05) is 51.6 Å². The van der Waals surface area contributed by atoms with Crippen LogP contribution in [0.5, 0.6) is 0 Å². The maximum Gasteiger partial charge on any atom is 0.511 e. The second-order valence-corrected chi connectivity index (χ2v) is 9.63. The molecule has 1 heterocycles. The van der Waals surface area contributed by atoms with E-state index < -0.39 is 12.4 Å². The quantitative estimate of drug-likeness (QED) is 0.135. The Bertz CT molecular complexity index is 1100. The molecular weight excluding hydrogens is 442 g/mol. The average molecular weight is 482 g/mol. The van der Waals surface area contributed by atoms with Crippen LogP contribution in [0.4, 0.5) is 4.79 Å². The van der Waals surface area contributed by atoms with E-state index in [0.717, 1.165) is 28.1 Å². The van der Waals surface area contributed by atoms with Crippen LogP contribution in [-0.4, -0.2) is 42.1 Å². The van der Waals surface area contributed by atoms with Gasteiger partial charge in [0.25, 0.3) is 0 Å². The minimum Gasteiger partial charge on any atom is -0.452 e. The van der Waals surface area contributed by atoms with Gasteiger partial charge in [-0.3, -0.25) is 9.67 Å². The van der Waals surface area contributed by atoms with E-state index in [0.29, 0.717) is 17.9 Å². The van der Waals surface area contributed by atoms with Crippen LogP contribution in [0.25, 0.3) is 11.3 Å². The molecule has 0 spiro atoms. The topological polar surface area (TPSA) is 74.9 Å². The smallest absolute Gasteiger partial charge is 0.452 e. The number of aromatic nitrogens is 2. The molecule has 0 radical (unpaired) electrons. The van der Waals surface area contributed by atoms with Crippen LogP contribution in [0.3, 0.4) is 0 Å². The predicted molar refractivity (Wildman–Crippen MR) is 142 cm³/mol. The largest absolute Gasteiger partial charge is 0.511 e. The molecule has 1 aromatic carbocycles.